The maximum atomic E-state index is 14.0. The molecule has 10 atom stereocenters. The van der Waals surface area contributed by atoms with Crippen molar-refractivity contribution in [2.24, 2.45) is 23.3 Å². The number of carbonyl (C=O) groups excluding carboxylic acids is 10. The number of carboxylic acids is 2. The lowest BCUT2D eigenvalue weighted by Gasteiger charge is -2.31. The van der Waals surface area contributed by atoms with Gasteiger partial charge < -0.3 is 84.6 Å². The van der Waals surface area contributed by atoms with Crippen LogP contribution in [0.2, 0.25) is 0 Å². The predicted molar refractivity (Wildman–Crippen MR) is 279 cm³/mol. The number of carbonyl (C=O) groups is 12. The first-order valence-electron chi connectivity index (χ1n) is 25.9. The molecule has 10 amide bonds. The Morgan fingerprint density at radius 2 is 1.13 bits per heavy atom. The molecule has 0 aliphatic carbocycles. The molecule has 1 heterocycles. The summed E-state index contributed by atoms with van der Waals surface area (Å²) in [5.41, 5.74) is 11.7. The van der Waals surface area contributed by atoms with Crippen LogP contribution in [0.25, 0.3) is 0 Å². The van der Waals surface area contributed by atoms with E-state index in [1.807, 2.05) is 0 Å². The van der Waals surface area contributed by atoms with Crippen molar-refractivity contribution in [3.63, 3.8) is 0 Å². The molecule has 28 nitrogen and oxygen atoms in total. The highest BCUT2D eigenvalue weighted by Gasteiger charge is 2.41. The van der Waals surface area contributed by atoms with Gasteiger partial charge in [-0.05, 0) is 82.7 Å². The van der Waals surface area contributed by atoms with Gasteiger partial charge in [-0.1, -0.05) is 58.0 Å². The van der Waals surface area contributed by atoms with Crippen molar-refractivity contribution in [3.05, 3.63) is 35.9 Å². The van der Waals surface area contributed by atoms with Gasteiger partial charge in [0.2, 0.25) is 59.1 Å². The van der Waals surface area contributed by atoms with E-state index in [0.717, 1.165) is 0 Å². The van der Waals surface area contributed by atoms with Gasteiger partial charge in [-0.15, -0.1) is 0 Å². The van der Waals surface area contributed by atoms with Crippen LogP contribution in [0.15, 0.2) is 30.3 Å². The van der Waals surface area contributed by atoms with Gasteiger partial charge in [0.25, 0.3) is 0 Å². The standard InChI is InChI=1S/C50H80N12O16/c1-26(2)19-33(57-46(73)36-16-12-18-62(36)49(76)35(20-27(3)4)59-43(70)31(52)22-40(68)69)45(72)61-42(29(6)64)48(75)58-34(21-30-13-8-7-9-14-30)44(71)55-24-38(66)53-23-37(65)54-25-39(67)60-41(28(5)63)47(74)56-32(50(77)78)15-10-11-17-51/h7-9,13-14,26-29,31-36,41-42,63-64H,10-12,15-25,51-52H2,1-6H3,(H,53,66)(H,54,65)(H,55,71)(H,56,74)(H,57,73)(H,58,75)(H,59,70)(H,60,67)(H,61,72)(H,68,69)(H,77,78)/t28-,29-,31+,32+,33+,34+,35+,36+,41+,42+/m1/s1/i10+1,11+1,15+1,17+1,32+1,50+1,51+1,56+1. The van der Waals surface area contributed by atoms with E-state index in [9.17, 15) is 72.9 Å². The van der Waals surface area contributed by atoms with Crippen molar-refractivity contribution < 1.29 is 78.0 Å². The van der Waals surface area contributed by atoms with Crippen LogP contribution in [-0.2, 0) is 64.0 Å². The summed E-state index contributed by atoms with van der Waals surface area (Å²) in [4.78, 5) is 157. The van der Waals surface area contributed by atoms with Gasteiger partial charge in [0, 0.05) is 13.0 Å². The summed E-state index contributed by atoms with van der Waals surface area (Å²) in [7, 11) is 0. The Kier molecular flexibility index (Phi) is 28.9. The first kappa shape index (κ1) is 66.8. The van der Waals surface area contributed by atoms with Crippen LogP contribution < -0.4 is 59.3 Å². The third-order valence-electron chi connectivity index (χ3n) is 12.2. The number of unbranched alkanes of at least 4 members (excludes halogenated alkanes) is 1. The highest BCUT2D eigenvalue weighted by Crippen LogP contribution is 2.22. The predicted octanol–water partition coefficient (Wildman–Crippen LogP) is -4.65. The summed E-state index contributed by atoms with van der Waals surface area (Å²) in [5, 5.41) is 61.0. The van der Waals surface area contributed by atoms with Crippen LogP contribution in [-0.4, -0.2) is 190 Å². The van der Waals surface area contributed by atoms with E-state index in [1.54, 1.807) is 58.0 Å². The Labute approximate surface area is 452 Å². The minimum Gasteiger partial charge on any atom is -0.481 e. The third kappa shape index (κ3) is 23.9. The minimum absolute atomic E-state index is 0.0388. The van der Waals surface area contributed by atoms with Gasteiger partial charge >= 0.3 is 11.9 Å². The van der Waals surface area contributed by atoms with Crippen molar-refractivity contribution in [2.75, 3.05) is 32.7 Å². The van der Waals surface area contributed by atoms with Crippen LogP contribution in [0, 0.1) is 11.8 Å². The van der Waals surface area contributed by atoms with E-state index in [2.05, 4.69) is 47.9 Å². The molecule has 0 aromatic heterocycles. The average Bonchev–Trinajstić information content (AvgIpc) is 3.86. The second-order valence-electron chi connectivity index (χ2n) is 20.0. The zero-order valence-corrected chi connectivity index (χ0v) is 45.0. The van der Waals surface area contributed by atoms with E-state index < -0.39 is 158 Å². The maximum Gasteiger partial charge on any atom is 0.326 e. The Morgan fingerprint density at radius 3 is 1.67 bits per heavy atom. The Bertz CT molecular complexity index is 2230. The topological polar surface area (TPSA) is 449 Å². The molecule has 28 heteroatoms. The second kappa shape index (κ2) is 33.8. The molecule has 0 saturated carbocycles. The van der Waals surface area contributed by atoms with E-state index in [-0.39, 0.29) is 50.5 Å². The number of aliphatic hydroxyl groups is 2. The quantitative estimate of drug-likeness (QED) is 0.0175. The summed E-state index contributed by atoms with van der Waals surface area (Å²) in [6.45, 7) is 7.85. The number of likely N-dealkylation sites (tertiary alicyclic amines) is 1. The molecule has 0 radical (unpaired) electrons. The summed E-state index contributed by atoms with van der Waals surface area (Å²) in [6.07, 6.45) is -2.14. The number of nitrogens with two attached hydrogens (primary N) is 2. The molecule has 1 saturated heterocycles. The Hall–Kier alpha value is -7.30. The first-order chi connectivity index (χ1) is 36.6. The number of amides is 10. The zero-order valence-electron chi connectivity index (χ0n) is 45.0. The molecule has 0 unspecified atom stereocenters. The Morgan fingerprint density at radius 1 is 0.603 bits per heavy atom. The van der Waals surface area contributed by atoms with Crippen LogP contribution in [0.3, 0.4) is 0 Å². The number of carboxylic acid groups (broad SMARTS) is 2. The second-order valence-corrected chi connectivity index (χ2v) is 20.0. The monoisotopic (exact) mass is 1110 g/mol. The van der Waals surface area contributed by atoms with Gasteiger partial charge in [-0.25, -0.2) is 4.79 Å². The van der Waals surface area contributed by atoms with Gasteiger partial charge in [0.1, 0.15) is 42.3 Å². The van der Waals surface area contributed by atoms with E-state index in [1.165, 1.54) is 18.7 Å². The molecule has 2 rings (SSSR count). The fraction of sp³-hybridized carbons (Fsp3) is 0.640. The number of hydrogen-bond donors (Lipinski definition) is 15. The molecule has 1 aromatic carbocycles. The summed E-state index contributed by atoms with van der Waals surface area (Å²) >= 11 is 0. The molecule has 0 spiro atoms. The van der Waals surface area contributed by atoms with Gasteiger partial charge in [-0.3, -0.25) is 52.7 Å². The van der Waals surface area contributed by atoms with E-state index in [4.69, 9.17) is 16.6 Å². The lowest BCUT2D eigenvalue weighted by molar-refractivity contribution is -0.143. The zero-order chi connectivity index (χ0) is 58.8. The molecule has 436 valence electrons. The average molecular weight is 1110 g/mol. The SMILES string of the molecule is CC(C)C[C@H](NC(=O)[C@@H]1CCCN1C(=O)[C@H](CC(C)C)NC(=O)[C@@H](N)CC(=O)O)C(=O)N[C@H](C(=O)N[C@@H](Cc1ccccc1)C(=O)NCC(=O)NCC(=O)NCC(=O)N[C@H](C(=O)[15NH][13C@@H]([13CH2][13CH2][13CH2][13CH2][15NH2])[13C](=O)O)[C@@H](C)O)[C@@H](C)O. The van der Waals surface area contributed by atoms with Gasteiger partial charge in [0.05, 0.1) is 44.3 Å². The van der Waals surface area contributed by atoms with Crippen molar-refractivity contribution >= 4 is 71.0 Å². The highest BCUT2D eigenvalue weighted by molar-refractivity contribution is 5.98. The van der Waals surface area contributed by atoms with Crippen LogP contribution in [0.4, 0.5) is 0 Å². The summed E-state index contributed by atoms with van der Waals surface area (Å²) in [5.74, 6) is -11.6. The molecule has 1 aliphatic rings. The summed E-state index contributed by atoms with van der Waals surface area (Å²) in [6, 6.07) is -2.62. The number of nitrogens with zero attached hydrogens (tertiary/aromatic N) is 1. The van der Waals surface area contributed by atoms with Crippen molar-refractivity contribution in [3.8, 4) is 0 Å². The molecule has 17 N–H and O–H groups in total. The normalized spacial score (nSPS) is 16.6. The van der Waals surface area contributed by atoms with Gasteiger partial charge in [-0.2, -0.15) is 0 Å². The largest absolute Gasteiger partial charge is 0.481 e. The lowest BCUT2D eigenvalue weighted by Crippen LogP contribution is -2.61. The molecule has 1 aromatic rings. The fourth-order valence-electron chi connectivity index (χ4n) is 8.12. The number of nitrogens with one attached hydrogen (secondary N) is 9. The Balaban J connectivity index is 2.12. The number of benzene rings is 1. The number of aliphatic hydroxyl groups excluding tert-OH is 2. The van der Waals surface area contributed by atoms with Crippen molar-refractivity contribution in [1.29, 1.82) is 0 Å². The van der Waals surface area contributed by atoms with Crippen LogP contribution in [0.1, 0.15) is 98.5 Å². The van der Waals surface area contributed by atoms with Crippen molar-refractivity contribution in [2.45, 2.75) is 160 Å². The lowest BCUT2D eigenvalue weighted by atomic mass is 10.00. The number of aliphatic carboxylic acids is 2. The van der Waals surface area contributed by atoms with E-state index >= 15 is 0 Å². The van der Waals surface area contributed by atoms with Crippen LogP contribution >= 0.6 is 0 Å². The molecular weight excluding hydrogens is 1030 g/mol. The third-order valence-corrected chi connectivity index (χ3v) is 12.2. The molecular formula is C50H80N12O16. The molecule has 0 bridgehead atoms. The number of hydrogen-bond acceptors (Lipinski definition) is 16. The molecule has 1 aliphatic heterocycles. The maximum absolute atomic E-state index is 14.0. The van der Waals surface area contributed by atoms with E-state index in [0.29, 0.717) is 31.4 Å². The number of rotatable bonds is 34. The fourth-order valence-corrected chi connectivity index (χ4v) is 8.12. The van der Waals surface area contributed by atoms with Crippen LogP contribution in [0.5, 0.6) is 0 Å². The smallest absolute Gasteiger partial charge is 0.326 e. The molecule has 78 heavy (non-hydrogen) atoms. The highest BCUT2D eigenvalue weighted by atomic mass is 16.5. The molecule has 1 fully saturated rings. The van der Waals surface area contributed by atoms with Gasteiger partial charge in [0.15, 0.2) is 0 Å². The summed E-state index contributed by atoms with van der Waals surface area (Å²) < 4.78 is 0. The first-order valence-corrected chi connectivity index (χ1v) is 25.9. The minimum atomic E-state index is -1.70. The van der Waals surface area contributed by atoms with Crippen molar-refractivity contribution in [1.82, 2.24) is 52.8 Å².